The van der Waals surface area contributed by atoms with Gasteiger partial charge in [0, 0.05) is 30.8 Å². The Labute approximate surface area is 124 Å². The van der Waals surface area contributed by atoms with E-state index in [4.69, 9.17) is 4.74 Å². The zero-order valence-corrected chi connectivity index (χ0v) is 12.8. The summed E-state index contributed by atoms with van der Waals surface area (Å²) in [6.45, 7) is 6.93. The molecule has 0 unspecified atom stereocenters. The predicted octanol–water partition coefficient (Wildman–Crippen LogP) is 2.39. The minimum Gasteiger partial charge on any atom is -0.444 e. The molecular formula is C15H22N4O2. The first-order chi connectivity index (χ1) is 9.90. The lowest BCUT2D eigenvalue weighted by molar-refractivity contribution is 0.0104. The van der Waals surface area contributed by atoms with E-state index in [2.05, 4.69) is 15.3 Å². The van der Waals surface area contributed by atoms with Gasteiger partial charge < -0.3 is 15.0 Å². The van der Waals surface area contributed by atoms with Crippen molar-refractivity contribution in [2.75, 3.05) is 18.4 Å². The number of rotatable bonds is 3. The summed E-state index contributed by atoms with van der Waals surface area (Å²) in [5.41, 5.74) is 0.678. The molecule has 0 bridgehead atoms. The van der Waals surface area contributed by atoms with E-state index in [1.165, 1.54) is 12.8 Å². The SMILES string of the molecule is CC(C)(C)OC(=O)N1CC(Nc2cc(C3CC3)ncn2)C1. The zero-order chi connectivity index (χ0) is 15.0. The van der Waals surface area contributed by atoms with E-state index in [-0.39, 0.29) is 12.1 Å². The highest BCUT2D eigenvalue weighted by atomic mass is 16.6. The first-order valence-electron chi connectivity index (χ1n) is 7.47. The Hall–Kier alpha value is -1.85. The molecule has 21 heavy (non-hydrogen) atoms. The molecule has 0 aromatic carbocycles. The highest BCUT2D eigenvalue weighted by Crippen LogP contribution is 2.39. The smallest absolute Gasteiger partial charge is 0.410 e. The Balaban J connectivity index is 1.48. The Morgan fingerprint density at radius 2 is 2.05 bits per heavy atom. The average Bonchev–Trinajstić information content (AvgIpc) is 3.15. The van der Waals surface area contributed by atoms with E-state index in [1.54, 1.807) is 11.2 Å². The first-order valence-corrected chi connectivity index (χ1v) is 7.47. The Morgan fingerprint density at radius 1 is 1.33 bits per heavy atom. The lowest BCUT2D eigenvalue weighted by Crippen LogP contribution is -2.58. The molecule has 1 saturated heterocycles. The molecule has 1 aromatic rings. The Bertz CT molecular complexity index is 531. The molecule has 2 aliphatic rings. The zero-order valence-electron chi connectivity index (χ0n) is 12.8. The third-order valence-corrected chi connectivity index (χ3v) is 3.57. The van der Waals surface area contributed by atoms with Gasteiger partial charge in [-0.15, -0.1) is 0 Å². The van der Waals surface area contributed by atoms with Gasteiger partial charge in [-0.1, -0.05) is 0 Å². The van der Waals surface area contributed by atoms with Gasteiger partial charge in [0.2, 0.25) is 0 Å². The van der Waals surface area contributed by atoms with Crippen LogP contribution in [0.15, 0.2) is 12.4 Å². The summed E-state index contributed by atoms with van der Waals surface area (Å²) in [4.78, 5) is 22.1. The maximum atomic E-state index is 11.8. The van der Waals surface area contributed by atoms with Crippen LogP contribution in [0.1, 0.15) is 45.2 Å². The maximum absolute atomic E-state index is 11.8. The molecular weight excluding hydrogens is 268 g/mol. The van der Waals surface area contributed by atoms with Gasteiger partial charge in [0.05, 0.1) is 6.04 Å². The van der Waals surface area contributed by atoms with E-state index < -0.39 is 5.60 Å². The van der Waals surface area contributed by atoms with Crippen LogP contribution in [-0.2, 0) is 4.74 Å². The number of nitrogens with one attached hydrogen (secondary N) is 1. The van der Waals surface area contributed by atoms with Crippen LogP contribution in [-0.4, -0.2) is 45.7 Å². The molecule has 0 radical (unpaired) electrons. The molecule has 1 aromatic heterocycles. The summed E-state index contributed by atoms with van der Waals surface area (Å²) in [6, 6.07) is 2.26. The second-order valence-electron chi connectivity index (χ2n) is 6.83. The number of carbonyl (C=O) groups is 1. The molecule has 2 fully saturated rings. The summed E-state index contributed by atoms with van der Waals surface area (Å²) in [5, 5.41) is 3.35. The summed E-state index contributed by atoms with van der Waals surface area (Å²) in [5.74, 6) is 1.47. The number of likely N-dealkylation sites (tertiary alicyclic amines) is 1. The van der Waals surface area contributed by atoms with Crippen molar-refractivity contribution < 1.29 is 9.53 Å². The van der Waals surface area contributed by atoms with Crippen LogP contribution in [0.3, 0.4) is 0 Å². The average molecular weight is 290 g/mol. The molecule has 1 N–H and O–H groups in total. The fraction of sp³-hybridized carbons (Fsp3) is 0.667. The number of aromatic nitrogens is 2. The van der Waals surface area contributed by atoms with Crippen molar-refractivity contribution in [2.24, 2.45) is 0 Å². The molecule has 1 amide bonds. The highest BCUT2D eigenvalue weighted by Gasteiger charge is 2.34. The topological polar surface area (TPSA) is 67.3 Å². The molecule has 0 atom stereocenters. The normalized spacial score (nSPS) is 19.1. The van der Waals surface area contributed by atoms with Crippen LogP contribution in [0.5, 0.6) is 0 Å². The monoisotopic (exact) mass is 290 g/mol. The largest absolute Gasteiger partial charge is 0.444 e. The number of nitrogens with zero attached hydrogens (tertiary/aromatic N) is 3. The number of hydrogen-bond donors (Lipinski definition) is 1. The molecule has 6 heteroatoms. The summed E-state index contributed by atoms with van der Waals surface area (Å²) in [7, 11) is 0. The summed E-state index contributed by atoms with van der Waals surface area (Å²) >= 11 is 0. The molecule has 0 spiro atoms. The van der Waals surface area contributed by atoms with E-state index >= 15 is 0 Å². The number of carbonyl (C=O) groups excluding carboxylic acids is 1. The maximum Gasteiger partial charge on any atom is 0.410 e. The molecule has 114 valence electrons. The minimum atomic E-state index is -0.443. The molecule has 6 nitrogen and oxygen atoms in total. The second kappa shape index (κ2) is 5.16. The van der Waals surface area contributed by atoms with Crippen molar-refractivity contribution in [3.63, 3.8) is 0 Å². The van der Waals surface area contributed by atoms with Crippen molar-refractivity contribution in [3.05, 3.63) is 18.1 Å². The van der Waals surface area contributed by atoms with Crippen molar-refractivity contribution in [2.45, 2.75) is 51.2 Å². The van der Waals surface area contributed by atoms with Crippen molar-refractivity contribution in [3.8, 4) is 0 Å². The third-order valence-electron chi connectivity index (χ3n) is 3.57. The van der Waals surface area contributed by atoms with Gasteiger partial charge in [0.1, 0.15) is 17.7 Å². The van der Waals surface area contributed by atoms with Crippen LogP contribution < -0.4 is 5.32 Å². The van der Waals surface area contributed by atoms with Crippen molar-refractivity contribution >= 4 is 11.9 Å². The van der Waals surface area contributed by atoms with Gasteiger partial charge in [-0.2, -0.15) is 0 Å². The van der Waals surface area contributed by atoms with E-state index in [0.29, 0.717) is 19.0 Å². The second-order valence-corrected chi connectivity index (χ2v) is 6.83. The molecule has 1 aliphatic carbocycles. The van der Waals surface area contributed by atoms with Crippen molar-refractivity contribution in [1.82, 2.24) is 14.9 Å². The number of ether oxygens (including phenoxy) is 1. The standard InChI is InChI=1S/C15H22N4O2/c1-15(2,3)21-14(20)19-7-11(8-19)18-13-6-12(10-4-5-10)16-9-17-13/h6,9-11H,4-5,7-8H2,1-3H3,(H,16,17,18). The van der Waals surface area contributed by atoms with Gasteiger partial charge in [0.15, 0.2) is 0 Å². The number of anilines is 1. The van der Waals surface area contributed by atoms with Crippen LogP contribution in [0.25, 0.3) is 0 Å². The van der Waals surface area contributed by atoms with Crippen LogP contribution in [0.2, 0.25) is 0 Å². The van der Waals surface area contributed by atoms with Crippen molar-refractivity contribution in [1.29, 1.82) is 0 Å². The van der Waals surface area contributed by atoms with Crippen LogP contribution in [0.4, 0.5) is 10.6 Å². The molecule has 1 saturated carbocycles. The quantitative estimate of drug-likeness (QED) is 0.925. The predicted molar refractivity (Wildman–Crippen MR) is 79.2 cm³/mol. The molecule has 3 rings (SSSR count). The van der Waals surface area contributed by atoms with Crippen LogP contribution in [0, 0.1) is 0 Å². The summed E-state index contributed by atoms with van der Waals surface area (Å²) in [6.07, 6.45) is 3.82. The van der Waals surface area contributed by atoms with Crippen LogP contribution >= 0.6 is 0 Å². The van der Waals surface area contributed by atoms with Gasteiger partial charge in [0.25, 0.3) is 0 Å². The van der Waals surface area contributed by atoms with Gasteiger partial charge in [-0.25, -0.2) is 14.8 Å². The minimum absolute atomic E-state index is 0.236. The van der Waals surface area contributed by atoms with E-state index in [0.717, 1.165) is 11.5 Å². The van der Waals surface area contributed by atoms with Gasteiger partial charge in [-0.3, -0.25) is 0 Å². The highest BCUT2D eigenvalue weighted by molar-refractivity contribution is 5.69. The lowest BCUT2D eigenvalue weighted by atomic mass is 10.1. The molecule has 1 aliphatic heterocycles. The Morgan fingerprint density at radius 3 is 2.67 bits per heavy atom. The van der Waals surface area contributed by atoms with Gasteiger partial charge in [-0.05, 0) is 33.6 Å². The third kappa shape index (κ3) is 3.62. The van der Waals surface area contributed by atoms with E-state index in [1.807, 2.05) is 26.8 Å². The fourth-order valence-corrected chi connectivity index (χ4v) is 2.31. The summed E-state index contributed by atoms with van der Waals surface area (Å²) < 4.78 is 5.33. The molecule has 2 heterocycles. The van der Waals surface area contributed by atoms with E-state index in [9.17, 15) is 4.79 Å². The lowest BCUT2D eigenvalue weighted by Gasteiger charge is -2.40. The van der Waals surface area contributed by atoms with Gasteiger partial charge >= 0.3 is 6.09 Å². The number of amides is 1. The first kappa shape index (κ1) is 14.1. The fourth-order valence-electron chi connectivity index (χ4n) is 2.31. The number of hydrogen-bond acceptors (Lipinski definition) is 5. The Kier molecular flexibility index (Phi) is 3.47.